The molecule has 0 aromatic heterocycles. The van der Waals surface area contributed by atoms with E-state index in [4.69, 9.17) is 4.74 Å². The van der Waals surface area contributed by atoms with Gasteiger partial charge in [-0.15, -0.1) is 0 Å². The van der Waals surface area contributed by atoms with Crippen molar-refractivity contribution in [1.82, 2.24) is 9.80 Å². The second-order valence-corrected chi connectivity index (χ2v) is 7.58. The van der Waals surface area contributed by atoms with Crippen LogP contribution in [-0.2, 0) is 4.74 Å². The van der Waals surface area contributed by atoms with Crippen LogP contribution in [0.5, 0.6) is 0 Å². The molecule has 6 nitrogen and oxygen atoms in total. The van der Waals surface area contributed by atoms with Crippen molar-refractivity contribution in [2.75, 3.05) is 31.5 Å². The number of hydrogen-bond donors (Lipinski definition) is 1. The first-order valence-corrected chi connectivity index (χ1v) is 8.97. The molecule has 3 rings (SSSR count). The summed E-state index contributed by atoms with van der Waals surface area (Å²) in [5.74, 6) is 0.0368. The highest BCUT2D eigenvalue weighted by molar-refractivity contribution is 5.97. The van der Waals surface area contributed by atoms with Gasteiger partial charge in [0.2, 0.25) is 0 Å². The quantitative estimate of drug-likeness (QED) is 0.896. The molecule has 0 saturated carbocycles. The highest BCUT2D eigenvalue weighted by Crippen LogP contribution is 2.22. The molecule has 2 heterocycles. The molecule has 0 bridgehead atoms. The molecule has 136 valence electrons. The van der Waals surface area contributed by atoms with Crippen LogP contribution >= 0.6 is 0 Å². The average Bonchev–Trinajstić information content (AvgIpc) is 3.07. The molecule has 1 aromatic carbocycles. The average molecular weight is 345 g/mol. The van der Waals surface area contributed by atoms with Gasteiger partial charge in [0, 0.05) is 30.9 Å². The minimum Gasteiger partial charge on any atom is -0.369 e. The van der Waals surface area contributed by atoms with E-state index in [1.54, 1.807) is 17.0 Å². The maximum Gasteiger partial charge on any atom is 0.322 e. The van der Waals surface area contributed by atoms with Gasteiger partial charge < -0.3 is 19.9 Å². The van der Waals surface area contributed by atoms with Gasteiger partial charge in [-0.2, -0.15) is 0 Å². The predicted octanol–water partition coefficient (Wildman–Crippen LogP) is 2.95. The fraction of sp³-hybridized carbons (Fsp3) is 0.579. The Balaban J connectivity index is 1.67. The number of anilines is 1. The minimum atomic E-state index is -0.359. The van der Waals surface area contributed by atoms with Crippen molar-refractivity contribution in [2.45, 2.75) is 45.3 Å². The first kappa shape index (κ1) is 17.7. The molecule has 2 saturated heterocycles. The van der Waals surface area contributed by atoms with E-state index in [0.29, 0.717) is 24.3 Å². The Morgan fingerprint density at radius 1 is 1.20 bits per heavy atom. The zero-order valence-corrected chi connectivity index (χ0v) is 15.2. The topological polar surface area (TPSA) is 61.9 Å². The summed E-state index contributed by atoms with van der Waals surface area (Å²) in [5.41, 5.74) is 0.908. The second-order valence-electron chi connectivity index (χ2n) is 7.58. The first-order chi connectivity index (χ1) is 11.8. The largest absolute Gasteiger partial charge is 0.369 e. The van der Waals surface area contributed by atoms with E-state index in [1.165, 1.54) is 0 Å². The minimum absolute atomic E-state index is 0.00224. The Hall–Kier alpha value is -2.08. The second kappa shape index (κ2) is 7.04. The van der Waals surface area contributed by atoms with Crippen LogP contribution in [0.4, 0.5) is 10.5 Å². The Morgan fingerprint density at radius 3 is 2.60 bits per heavy atom. The fourth-order valence-corrected chi connectivity index (χ4v) is 3.64. The number of ether oxygens (including phenoxy) is 1. The van der Waals surface area contributed by atoms with Crippen molar-refractivity contribution in [3.63, 3.8) is 0 Å². The smallest absolute Gasteiger partial charge is 0.322 e. The molecule has 3 amide bonds. The molecular formula is C19H27N3O3. The summed E-state index contributed by atoms with van der Waals surface area (Å²) in [6, 6.07) is 7.02. The van der Waals surface area contributed by atoms with Crippen molar-refractivity contribution in [1.29, 1.82) is 0 Å². The molecule has 1 atom stereocenters. The lowest BCUT2D eigenvalue weighted by Crippen LogP contribution is -2.54. The number of carbonyl (C=O) groups excluding carboxylic acids is 2. The van der Waals surface area contributed by atoms with Crippen molar-refractivity contribution in [2.24, 2.45) is 0 Å². The highest BCUT2D eigenvalue weighted by atomic mass is 16.5. The Labute approximate surface area is 149 Å². The molecule has 2 aliphatic rings. The number of carbonyl (C=O) groups is 2. The Kier molecular flexibility index (Phi) is 4.99. The summed E-state index contributed by atoms with van der Waals surface area (Å²) in [6.45, 7) is 8.66. The molecule has 1 aromatic rings. The van der Waals surface area contributed by atoms with Gasteiger partial charge in [-0.25, -0.2) is 4.79 Å². The summed E-state index contributed by atoms with van der Waals surface area (Å²) in [6.07, 6.45) is 2.12. The van der Waals surface area contributed by atoms with Gasteiger partial charge in [-0.05, 0) is 51.8 Å². The fourth-order valence-electron chi connectivity index (χ4n) is 3.64. The summed E-state index contributed by atoms with van der Waals surface area (Å²) in [4.78, 5) is 28.7. The standard InChI is InChI=1S/C19H27N3O3/c1-14-12-22(13-19(2,3)25-14)18(24)20-16-8-6-7-15(11-16)17(23)21-9-4-5-10-21/h6-8,11,14H,4-5,9-10,12-13H2,1-3H3,(H,20,24). The number of amides is 3. The molecule has 2 fully saturated rings. The molecule has 1 unspecified atom stereocenters. The predicted molar refractivity (Wildman–Crippen MR) is 96.8 cm³/mol. The lowest BCUT2D eigenvalue weighted by molar-refractivity contribution is -0.116. The van der Waals surface area contributed by atoms with E-state index in [2.05, 4.69) is 5.32 Å². The number of benzene rings is 1. The van der Waals surface area contributed by atoms with E-state index < -0.39 is 0 Å². The number of urea groups is 1. The van der Waals surface area contributed by atoms with Gasteiger partial charge in [-0.3, -0.25) is 4.79 Å². The summed E-state index contributed by atoms with van der Waals surface area (Å²) < 4.78 is 5.84. The molecule has 0 aliphatic carbocycles. The van der Waals surface area contributed by atoms with E-state index in [-0.39, 0.29) is 23.6 Å². The van der Waals surface area contributed by atoms with Gasteiger partial charge in [0.25, 0.3) is 5.91 Å². The third-order valence-electron chi connectivity index (χ3n) is 4.61. The zero-order chi connectivity index (χ0) is 18.0. The number of hydrogen-bond acceptors (Lipinski definition) is 3. The van der Waals surface area contributed by atoms with Gasteiger partial charge in [0.15, 0.2) is 0 Å². The van der Waals surface area contributed by atoms with Crippen LogP contribution in [0.25, 0.3) is 0 Å². The number of likely N-dealkylation sites (tertiary alicyclic amines) is 1. The molecule has 2 aliphatic heterocycles. The normalized spacial score (nSPS) is 22.8. The Bertz CT molecular complexity index is 653. The molecule has 25 heavy (non-hydrogen) atoms. The number of nitrogens with zero attached hydrogens (tertiary/aromatic N) is 2. The third kappa shape index (κ3) is 4.31. The lowest BCUT2D eigenvalue weighted by Gasteiger charge is -2.41. The zero-order valence-electron chi connectivity index (χ0n) is 15.2. The third-order valence-corrected chi connectivity index (χ3v) is 4.61. The van der Waals surface area contributed by atoms with Crippen LogP contribution in [0, 0.1) is 0 Å². The number of rotatable bonds is 2. The van der Waals surface area contributed by atoms with Gasteiger partial charge in [-0.1, -0.05) is 6.07 Å². The van der Waals surface area contributed by atoms with E-state index in [9.17, 15) is 9.59 Å². The Morgan fingerprint density at radius 2 is 1.92 bits per heavy atom. The van der Waals surface area contributed by atoms with Crippen molar-refractivity contribution in [3.8, 4) is 0 Å². The van der Waals surface area contributed by atoms with E-state index in [1.807, 2.05) is 37.8 Å². The molecule has 0 spiro atoms. The van der Waals surface area contributed by atoms with Crippen LogP contribution < -0.4 is 5.32 Å². The van der Waals surface area contributed by atoms with Crippen LogP contribution in [0.15, 0.2) is 24.3 Å². The maximum absolute atomic E-state index is 12.6. The maximum atomic E-state index is 12.6. The van der Waals surface area contributed by atoms with Crippen LogP contribution in [0.2, 0.25) is 0 Å². The monoisotopic (exact) mass is 345 g/mol. The number of morpholine rings is 1. The van der Waals surface area contributed by atoms with Crippen molar-refractivity contribution in [3.05, 3.63) is 29.8 Å². The lowest BCUT2D eigenvalue weighted by atomic mass is 10.1. The summed E-state index contributed by atoms with van der Waals surface area (Å²) in [7, 11) is 0. The summed E-state index contributed by atoms with van der Waals surface area (Å²) >= 11 is 0. The molecule has 6 heteroatoms. The van der Waals surface area contributed by atoms with Gasteiger partial charge in [0.05, 0.1) is 18.2 Å². The number of nitrogens with one attached hydrogen (secondary N) is 1. The molecule has 1 N–H and O–H groups in total. The van der Waals surface area contributed by atoms with Crippen LogP contribution in [0.1, 0.15) is 44.0 Å². The SMILES string of the molecule is CC1CN(C(=O)Nc2cccc(C(=O)N3CCCC3)c2)CC(C)(C)O1. The molecular weight excluding hydrogens is 318 g/mol. The van der Waals surface area contributed by atoms with Crippen molar-refractivity contribution < 1.29 is 14.3 Å². The highest BCUT2D eigenvalue weighted by Gasteiger charge is 2.33. The van der Waals surface area contributed by atoms with Crippen LogP contribution in [-0.4, -0.2) is 59.6 Å². The first-order valence-electron chi connectivity index (χ1n) is 8.97. The molecule has 0 radical (unpaired) electrons. The summed E-state index contributed by atoms with van der Waals surface area (Å²) in [5, 5.41) is 2.92. The van der Waals surface area contributed by atoms with E-state index >= 15 is 0 Å². The van der Waals surface area contributed by atoms with Gasteiger partial charge >= 0.3 is 6.03 Å². The van der Waals surface area contributed by atoms with Crippen LogP contribution in [0.3, 0.4) is 0 Å². The van der Waals surface area contributed by atoms with Gasteiger partial charge in [0.1, 0.15) is 0 Å². The van der Waals surface area contributed by atoms with Crippen molar-refractivity contribution >= 4 is 17.6 Å². The van der Waals surface area contributed by atoms with E-state index in [0.717, 1.165) is 25.9 Å².